The van der Waals surface area contributed by atoms with Gasteiger partial charge in [-0.1, -0.05) is 12.1 Å². The summed E-state index contributed by atoms with van der Waals surface area (Å²) in [7, 11) is 2.05. The topological polar surface area (TPSA) is 65.3 Å². The maximum absolute atomic E-state index is 5.99. The van der Waals surface area contributed by atoms with Gasteiger partial charge in [0.15, 0.2) is 17.3 Å². The van der Waals surface area contributed by atoms with Crippen molar-refractivity contribution in [2.75, 3.05) is 20.2 Å². The molecule has 0 saturated heterocycles. The average Bonchev–Trinajstić information content (AvgIpc) is 3.27. The van der Waals surface area contributed by atoms with Crippen LogP contribution >= 0.6 is 0 Å². The van der Waals surface area contributed by atoms with Crippen LogP contribution in [0.3, 0.4) is 0 Å². The second-order valence-corrected chi connectivity index (χ2v) is 5.97. The summed E-state index contributed by atoms with van der Waals surface area (Å²) >= 11 is 0. The molecule has 116 valence electrons. The summed E-state index contributed by atoms with van der Waals surface area (Å²) in [6.45, 7) is 2.05. The van der Waals surface area contributed by atoms with Crippen LogP contribution in [0.1, 0.15) is 24.7 Å². The highest BCUT2D eigenvalue weighted by molar-refractivity contribution is 5.40. The van der Waals surface area contributed by atoms with Crippen molar-refractivity contribution in [2.45, 2.75) is 31.5 Å². The van der Waals surface area contributed by atoms with Crippen LogP contribution in [0.25, 0.3) is 0 Å². The third-order valence-corrected chi connectivity index (χ3v) is 3.95. The van der Waals surface area contributed by atoms with Gasteiger partial charge in [-0.3, -0.25) is 4.90 Å². The molecule has 2 heterocycles. The molecule has 4 rings (SSSR count). The number of hydrogen-bond acceptors (Lipinski definition) is 6. The number of aromatic nitrogens is 4. The van der Waals surface area contributed by atoms with Gasteiger partial charge in [-0.2, -0.15) is 0 Å². The largest absolute Gasteiger partial charge is 0.486 e. The van der Waals surface area contributed by atoms with E-state index in [1.54, 1.807) is 0 Å². The molecule has 1 fully saturated rings. The first-order valence-corrected chi connectivity index (χ1v) is 7.63. The van der Waals surface area contributed by atoms with E-state index < -0.39 is 0 Å². The molecule has 7 heteroatoms. The van der Waals surface area contributed by atoms with E-state index in [1.165, 1.54) is 12.8 Å². The highest BCUT2D eigenvalue weighted by Crippen LogP contribution is 2.34. The second kappa shape index (κ2) is 5.57. The minimum absolute atomic E-state index is 0.0187. The summed E-state index contributed by atoms with van der Waals surface area (Å²) in [4.78, 5) is 2.17. The lowest BCUT2D eigenvalue weighted by Crippen LogP contribution is -2.39. The zero-order chi connectivity index (χ0) is 14.9. The second-order valence-electron chi connectivity index (χ2n) is 5.97. The molecule has 1 saturated carbocycles. The molecule has 2 aliphatic rings. The Morgan fingerprint density at radius 2 is 2.09 bits per heavy atom. The number of likely N-dealkylation sites (N-methyl/N-ethyl adjacent to an activating group) is 1. The van der Waals surface area contributed by atoms with Crippen molar-refractivity contribution in [3.8, 4) is 11.5 Å². The minimum Gasteiger partial charge on any atom is -0.486 e. The zero-order valence-corrected chi connectivity index (χ0v) is 12.6. The van der Waals surface area contributed by atoms with Gasteiger partial charge in [0.1, 0.15) is 12.7 Å². The summed E-state index contributed by atoms with van der Waals surface area (Å²) in [5, 5.41) is 12.0. The Kier molecular flexibility index (Phi) is 3.42. The van der Waals surface area contributed by atoms with E-state index in [4.69, 9.17) is 9.47 Å². The lowest BCUT2D eigenvalue weighted by molar-refractivity contribution is 0.0629. The van der Waals surface area contributed by atoms with E-state index in [1.807, 2.05) is 28.9 Å². The number of tetrazole rings is 1. The first kappa shape index (κ1) is 13.5. The van der Waals surface area contributed by atoms with Crippen LogP contribution < -0.4 is 9.47 Å². The Morgan fingerprint density at radius 3 is 2.91 bits per heavy atom. The number of hydrogen-bond donors (Lipinski definition) is 0. The molecular weight excluding hydrogens is 282 g/mol. The average molecular weight is 301 g/mol. The number of nitrogens with zero attached hydrogens (tertiary/aromatic N) is 5. The lowest BCUT2D eigenvalue weighted by atomic mass is 10.2. The third kappa shape index (κ3) is 2.76. The Bertz CT molecular complexity index is 655. The van der Waals surface area contributed by atoms with Gasteiger partial charge in [0.05, 0.1) is 12.6 Å². The van der Waals surface area contributed by atoms with Gasteiger partial charge in [0, 0.05) is 6.54 Å². The molecule has 0 radical (unpaired) electrons. The summed E-state index contributed by atoms with van der Waals surface area (Å²) in [6.07, 6.45) is 2.38. The first-order valence-electron chi connectivity index (χ1n) is 7.63. The quantitative estimate of drug-likeness (QED) is 0.829. The molecule has 2 aromatic rings. The molecule has 7 nitrogen and oxygen atoms in total. The summed E-state index contributed by atoms with van der Waals surface area (Å²) in [5.41, 5.74) is 0. The molecule has 22 heavy (non-hydrogen) atoms. The molecule has 0 amide bonds. The highest BCUT2D eigenvalue weighted by atomic mass is 16.6. The van der Waals surface area contributed by atoms with Crippen LogP contribution in [0.4, 0.5) is 0 Å². The number of para-hydroxylation sites is 2. The monoisotopic (exact) mass is 301 g/mol. The molecule has 1 aromatic heterocycles. The van der Waals surface area contributed by atoms with Gasteiger partial charge in [-0.05, 0) is 42.4 Å². The fourth-order valence-electron chi connectivity index (χ4n) is 2.73. The standard InChI is InChI=1S/C15H19N5O2/c1-19(9-15-16-17-18-20(15)11-6-7-11)8-12-10-21-13-4-2-3-5-14(13)22-12/h2-5,11-12H,6-10H2,1H3/t12-/m1/s1. The lowest BCUT2D eigenvalue weighted by Gasteiger charge is -2.29. The number of rotatable bonds is 5. The molecule has 1 aliphatic heterocycles. The summed E-state index contributed by atoms with van der Waals surface area (Å²) in [6, 6.07) is 8.28. The Hall–Kier alpha value is -2.15. The Labute approximate surface area is 128 Å². The minimum atomic E-state index is 0.0187. The van der Waals surface area contributed by atoms with E-state index in [9.17, 15) is 0 Å². The van der Waals surface area contributed by atoms with Crippen LogP contribution in [-0.4, -0.2) is 51.4 Å². The van der Waals surface area contributed by atoms with Crippen molar-refractivity contribution in [3.63, 3.8) is 0 Å². The van der Waals surface area contributed by atoms with Crippen molar-refractivity contribution in [1.29, 1.82) is 0 Å². The van der Waals surface area contributed by atoms with Gasteiger partial charge in [0.2, 0.25) is 0 Å². The van der Waals surface area contributed by atoms with Crippen LogP contribution in [0.2, 0.25) is 0 Å². The Balaban J connectivity index is 1.36. The van der Waals surface area contributed by atoms with Crippen LogP contribution in [-0.2, 0) is 6.54 Å². The third-order valence-electron chi connectivity index (χ3n) is 3.95. The summed E-state index contributed by atoms with van der Waals surface area (Å²) in [5.74, 6) is 2.55. The number of ether oxygens (including phenoxy) is 2. The molecule has 0 bridgehead atoms. The van der Waals surface area contributed by atoms with Crippen molar-refractivity contribution >= 4 is 0 Å². The molecule has 1 atom stereocenters. The van der Waals surface area contributed by atoms with E-state index >= 15 is 0 Å². The zero-order valence-electron chi connectivity index (χ0n) is 12.6. The van der Waals surface area contributed by atoms with Gasteiger partial charge >= 0.3 is 0 Å². The summed E-state index contributed by atoms with van der Waals surface area (Å²) < 4.78 is 13.7. The maximum Gasteiger partial charge on any atom is 0.165 e. The highest BCUT2D eigenvalue weighted by Gasteiger charge is 2.28. The van der Waals surface area contributed by atoms with Gasteiger partial charge in [-0.25, -0.2) is 4.68 Å². The molecule has 0 unspecified atom stereocenters. The number of benzene rings is 1. The fraction of sp³-hybridized carbons (Fsp3) is 0.533. The molecule has 0 spiro atoms. The van der Waals surface area contributed by atoms with Crippen LogP contribution in [0.15, 0.2) is 24.3 Å². The van der Waals surface area contributed by atoms with Crippen LogP contribution in [0, 0.1) is 0 Å². The molecule has 0 N–H and O–H groups in total. The van der Waals surface area contributed by atoms with Crippen molar-refractivity contribution in [3.05, 3.63) is 30.1 Å². The van der Waals surface area contributed by atoms with Gasteiger partial charge in [0.25, 0.3) is 0 Å². The van der Waals surface area contributed by atoms with E-state index in [0.717, 1.165) is 23.9 Å². The smallest absolute Gasteiger partial charge is 0.165 e. The van der Waals surface area contributed by atoms with Gasteiger partial charge < -0.3 is 9.47 Å². The maximum atomic E-state index is 5.99. The predicted octanol–water partition coefficient (Wildman–Crippen LogP) is 1.28. The van der Waals surface area contributed by atoms with E-state index in [0.29, 0.717) is 19.2 Å². The van der Waals surface area contributed by atoms with E-state index in [-0.39, 0.29) is 6.10 Å². The molecular formula is C15H19N5O2. The predicted molar refractivity (Wildman–Crippen MR) is 78.8 cm³/mol. The SMILES string of the molecule is CN(Cc1nnnn1C1CC1)C[C@@H]1COc2ccccc2O1. The van der Waals surface area contributed by atoms with Crippen molar-refractivity contribution < 1.29 is 9.47 Å². The Morgan fingerprint density at radius 1 is 1.27 bits per heavy atom. The van der Waals surface area contributed by atoms with E-state index in [2.05, 4.69) is 27.5 Å². The van der Waals surface area contributed by atoms with Gasteiger partial charge in [-0.15, -0.1) is 5.10 Å². The van der Waals surface area contributed by atoms with Crippen LogP contribution in [0.5, 0.6) is 11.5 Å². The number of fused-ring (bicyclic) bond motifs is 1. The first-order chi connectivity index (χ1) is 10.8. The molecule has 1 aliphatic carbocycles. The normalized spacial score (nSPS) is 20.4. The molecule has 1 aromatic carbocycles. The van der Waals surface area contributed by atoms with Crippen molar-refractivity contribution in [1.82, 2.24) is 25.1 Å². The van der Waals surface area contributed by atoms with Crippen molar-refractivity contribution in [2.24, 2.45) is 0 Å². The fourth-order valence-corrected chi connectivity index (χ4v) is 2.73.